The molecule has 0 saturated heterocycles. The van der Waals surface area contributed by atoms with Gasteiger partial charge in [0.2, 0.25) is 0 Å². The topological polar surface area (TPSA) is 36.4 Å². The van der Waals surface area contributed by atoms with Gasteiger partial charge in [0.15, 0.2) is 5.82 Å². The van der Waals surface area contributed by atoms with Crippen LogP contribution < -0.4 is 10.9 Å². The van der Waals surface area contributed by atoms with Crippen LogP contribution in [0.3, 0.4) is 0 Å². The van der Waals surface area contributed by atoms with Crippen molar-refractivity contribution in [1.29, 1.82) is 0 Å². The normalized spacial score (nSPS) is 15.5. The van der Waals surface area contributed by atoms with Crippen LogP contribution in [0.4, 0.5) is 14.5 Å². The number of nitrogens with zero attached hydrogens (tertiary/aromatic N) is 1. The van der Waals surface area contributed by atoms with Crippen LogP contribution in [0.5, 0.6) is 0 Å². The van der Waals surface area contributed by atoms with Gasteiger partial charge in [-0.3, -0.25) is 15.8 Å². The third kappa shape index (κ3) is 2.68. The Kier molecular flexibility index (Phi) is 3.34. The fraction of sp³-hybridized carbons (Fsp3) is 0.364. The minimum atomic E-state index is -0.621. The summed E-state index contributed by atoms with van der Waals surface area (Å²) in [5, 5.41) is 0. The van der Waals surface area contributed by atoms with Crippen LogP contribution in [0.25, 0.3) is 0 Å². The number of amidine groups is 1. The van der Waals surface area contributed by atoms with Gasteiger partial charge in [-0.1, -0.05) is 0 Å². The lowest BCUT2D eigenvalue weighted by Gasteiger charge is -2.15. The summed E-state index contributed by atoms with van der Waals surface area (Å²) < 4.78 is 25.9. The van der Waals surface area contributed by atoms with E-state index in [1.54, 1.807) is 0 Å². The standard InChI is InChI=1S/C11H13F2N3/c12-8-4-5-10(9(13)7-8)15-16-11-3-1-2-6-14-11/h4-5,7,15H,1-3,6H2,(H,14,16). The van der Waals surface area contributed by atoms with Gasteiger partial charge in [-0.15, -0.1) is 0 Å². The van der Waals surface area contributed by atoms with Crippen molar-refractivity contribution < 1.29 is 8.78 Å². The smallest absolute Gasteiger partial charge is 0.150 e. The van der Waals surface area contributed by atoms with Crippen molar-refractivity contribution >= 4 is 11.5 Å². The molecule has 5 heteroatoms. The molecule has 3 nitrogen and oxygen atoms in total. The van der Waals surface area contributed by atoms with Gasteiger partial charge in [0.1, 0.15) is 11.7 Å². The van der Waals surface area contributed by atoms with Crippen molar-refractivity contribution in [3.05, 3.63) is 29.8 Å². The summed E-state index contributed by atoms with van der Waals surface area (Å²) in [7, 11) is 0. The second-order valence-electron chi connectivity index (χ2n) is 3.66. The van der Waals surface area contributed by atoms with Crippen molar-refractivity contribution in [1.82, 2.24) is 5.43 Å². The van der Waals surface area contributed by atoms with Gasteiger partial charge in [0.25, 0.3) is 0 Å². The molecule has 1 heterocycles. The maximum atomic E-state index is 13.2. The van der Waals surface area contributed by atoms with Gasteiger partial charge in [0.05, 0.1) is 5.69 Å². The molecule has 1 aromatic carbocycles. The highest BCUT2D eigenvalue weighted by atomic mass is 19.1. The fourth-order valence-electron chi connectivity index (χ4n) is 1.53. The third-order valence-electron chi connectivity index (χ3n) is 2.40. The number of hydrogen-bond donors (Lipinski definition) is 2. The fourth-order valence-corrected chi connectivity index (χ4v) is 1.53. The Morgan fingerprint density at radius 3 is 2.69 bits per heavy atom. The summed E-state index contributed by atoms with van der Waals surface area (Å²) >= 11 is 0. The number of rotatable bonds is 2. The molecular weight excluding hydrogens is 212 g/mol. The quantitative estimate of drug-likeness (QED) is 0.758. The molecule has 1 aromatic rings. The molecule has 0 fully saturated rings. The number of aliphatic imine (C=N–C) groups is 1. The number of hydrogen-bond acceptors (Lipinski definition) is 3. The highest BCUT2D eigenvalue weighted by Crippen LogP contribution is 2.14. The minimum absolute atomic E-state index is 0.217. The van der Waals surface area contributed by atoms with Crippen molar-refractivity contribution in [3.63, 3.8) is 0 Å². The van der Waals surface area contributed by atoms with E-state index in [2.05, 4.69) is 15.8 Å². The summed E-state index contributed by atoms with van der Waals surface area (Å²) in [4.78, 5) is 4.24. The lowest BCUT2D eigenvalue weighted by Crippen LogP contribution is -2.31. The largest absolute Gasteiger partial charge is 0.297 e. The van der Waals surface area contributed by atoms with E-state index < -0.39 is 11.6 Å². The number of hydrazine groups is 1. The van der Waals surface area contributed by atoms with E-state index in [0.717, 1.165) is 37.7 Å². The van der Waals surface area contributed by atoms with Crippen molar-refractivity contribution in [2.45, 2.75) is 19.3 Å². The van der Waals surface area contributed by atoms with Crippen LogP contribution in [0, 0.1) is 11.6 Å². The second kappa shape index (κ2) is 4.92. The molecule has 0 atom stereocenters. The molecule has 0 aliphatic carbocycles. The van der Waals surface area contributed by atoms with E-state index in [9.17, 15) is 8.78 Å². The predicted molar refractivity (Wildman–Crippen MR) is 59.3 cm³/mol. The van der Waals surface area contributed by atoms with Gasteiger partial charge in [-0.05, 0) is 25.0 Å². The van der Waals surface area contributed by atoms with Gasteiger partial charge < -0.3 is 0 Å². The highest BCUT2D eigenvalue weighted by Gasteiger charge is 2.06. The van der Waals surface area contributed by atoms with Crippen LogP contribution >= 0.6 is 0 Å². The average Bonchev–Trinajstić information content (AvgIpc) is 2.29. The molecule has 0 radical (unpaired) electrons. The molecule has 0 aromatic heterocycles. The first-order valence-corrected chi connectivity index (χ1v) is 5.26. The van der Waals surface area contributed by atoms with Gasteiger partial charge in [-0.25, -0.2) is 8.78 Å². The molecule has 2 N–H and O–H groups in total. The molecule has 2 rings (SSSR count). The summed E-state index contributed by atoms with van der Waals surface area (Å²) in [6.45, 7) is 0.802. The van der Waals surface area contributed by atoms with Crippen LogP contribution in [0.1, 0.15) is 19.3 Å². The maximum Gasteiger partial charge on any atom is 0.150 e. The molecule has 16 heavy (non-hydrogen) atoms. The van der Waals surface area contributed by atoms with Gasteiger partial charge >= 0.3 is 0 Å². The Morgan fingerprint density at radius 2 is 2.00 bits per heavy atom. The molecule has 1 aliphatic rings. The lowest BCUT2D eigenvalue weighted by atomic mass is 10.2. The zero-order chi connectivity index (χ0) is 11.4. The summed E-state index contributed by atoms with van der Waals surface area (Å²) in [6.07, 6.45) is 3.03. The Bertz CT molecular complexity index is 404. The molecule has 0 amide bonds. The number of anilines is 1. The highest BCUT2D eigenvalue weighted by molar-refractivity contribution is 5.83. The zero-order valence-electron chi connectivity index (χ0n) is 8.76. The summed E-state index contributed by atoms with van der Waals surface area (Å²) in [5.41, 5.74) is 5.74. The molecule has 0 spiro atoms. The first-order chi connectivity index (χ1) is 7.75. The first-order valence-electron chi connectivity index (χ1n) is 5.26. The van der Waals surface area contributed by atoms with E-state index in [-0.39, 0.29) is 5.69 Å². The predicted octanol–water partition coefficient (Wildman–Crippen LogP) is 2.46. The van der Waals surface area contributed by atoms with Crippen LogP contribution in [-0.2, 0) is 0 Å². The molecule has 1 aliphatic heterocycles. The Morgan fingerprint density at radius 1 is 1.12 bits per heavy atom. The Hall–Kier alpha value is -1.65. The number of benzene rings is 1. The molecule has 0 unspecified atom stereocenters. The van der Waals surface area contributed by atoms with E-state index in [0.29, 0.717) is 0 Å². The van der Waals surface area contributed by atoms with E-state index in [4.69, 9.17) is 0 Å². The van der Waals surface area contributed by atoms with Crippen molar-refractivity contribution in [2.24, 2.45) is 4.99 Å². The minimum Gasteiger partial charge on any atom is -0.297 e. The van der Waals surface area contributed by atoms with Gasteiger partial charge in [0, 0.05) is 19.0 Å². The average molecular weight is 225 g/mol. The van der Waals surface area contributed by atoms with E-state index in [1.807, 2.05) is 0 Å². The summed E-state index contributed by atoms with van der Waals surface area (Å²) in [6, 6.07) is 3.39. The molecule has 86 valence electrons. The lowest BCUT2D eigenvalue weighted by molar-refractivity contribution is 0.584. The Labute approximate surface area is 92.5 Å². The third-order valence-corrected chi connectivity index (χ3v) is 2.40. The number of nitrogens with one attached hydrogen (secondary N) is 2. The van der Waals surface area contributed by atoms with Crippen molar-refractivity contribution in [3.8, 4) is 0 Å². The number of halogens is 2. The molecule has 0 bridgehead atoms. The van der Waals surface area contributed by atoms with Crippen LogP contribution in [0.2, 0.25) is 0 Å². The van der Waals surface area contributed by atoms with Crippen LogP contribution in [-0.4, -0.2) is 12.4 Å². The monoisotopic (exact) mass is 225 g/mol. The SMILES string of the molecule is Fc1ccc(NNC2=NCCCC2)c(F)c1. The maximum absolute atomic E-state index is 13.2. The molecular formula is C11H13F2N3. The van der Waals surface area contributed by atoms with Crippen LogP contribution in [0.15, 0.2) is 23.2 Å². The second-order valence-corrected chi connectivity index (χ2v) is 3.66. The summed E-state index contributed by atoms with van der Waals surface area (Å²) in [5.74, 6) is -0.392. The van der Waals surface area contributed by atoms with E-state index >= 15 is 0 Å². The zero-order valence-corrected chi connectivity index (χ0v) is 8.76. The first kappa shape index (κ1) is 10.9. The van der Waals surface area contributed by atoms with E-state index in [1.165, 1.54) is 12.1 Å². The van der Waals surface area contributed by atoms with Gasteiger partial charge in [-0.2, -0.15) is 0 Å². The Balaban J connectivity index is 1.96. The van der Waals surface area contributed by atoms with Crippen molar-refractivity contribution in [2.75, 3.05) is 12.0 Å². The molecule has 0 saturated carbocycles.